The van der Waals surface area contributed by atoms with Crippen molar-refractivity contribution in [1.29, 1.82) is 0 Å². The second-order valence-electron chi connectivity index (χ2n) is 4.47. The van der Waals surface area contributed by atoms with E-state index in [0.717, 1.165) is 17.1 Å². The molecule has 0 spiro atoms. The van der Waals surface area contributed by atoms with Gasteiger partial charge in [0.1, 0.15) is 5.75 Å². The monoisotopic (exact) mass is 280 g/mol. The van der Waals surface area contributed by atoms with Crippen LogP contribution in [0.4, 0.5) is 11.4 Å². The van der Waals surface area contributed by atoms with Gasteiger partial charge in [-0.2, -0.15) is 0 Å². The number of hydrogen-bond donors (Lipinski definition) is 1. The summed E-state index contributed by atoms with van der Waals surface area (Å²) >= 11 is 0. The summed E-state index contributed by atoms with van der Waals surface area (Å²) < 4.78 is 15.5. The van der Waals surface area contributed by atoms with Crippen LogP contribution in [0.25, 0.3) is 0 Å². The number of carbonyl (C=O) groups excluding carboxylic acids is 1. The average Bonchev–Trinajstić information content (AvgIpc) is 2.49. The van der Waals surface area contributed by atoms with Crippen molar-refractivity contribution >= 4 is 17.3 Å². The zero-order valence-corrected chi connectivity index (χ0v) is 12.0. The van der Waals surface area contributed by atoms with Gasteiger partial charge in [0.2, 0.25) is 5.91 Å². The topological polar surface area (TPSA) is 60.0 Å². The zero-order valence-electron chi connectivity index (χ0n) is 12.0. The molecule has 0 saturated heterocycles. The summed E-state index contributed by atoms with van der Waals surface area (Å²) in [5.41, 5.74) is 1.75. The summed E-state index contributed by atoms with van der Waals surface area (Å²) in [5.74, 6) is 0.747. The number of ether oxygens (including phenoxy) is 3. The van der Waals surface area contributed by atoms with Crippen molar-refractivity contribution in [3.05, 3.63) is 18.2 Å². The molecule has 0 fully saturated rings. The van der Waals surface area contributed by atoms with E-state index in [-0.39, 0.29) is 12.2 Å². The van der Waals surface area contributed by atoms with Crippen molar-refractivity contribution in [3.8, 4) is 5.75 Å². The van der Waals surface area contributed by atoms with Crippen molar-refractivity contribution in [1.82, 2.24) is 0 Å². The summed E-state index contributed by atoms with van der Waals surface area (Å²) in [6.45, 7) is 0.830. The van der Waals surface area contributed by atoms with Gasteiger partial charge in [-0.15, -0.1) is 0 Å². The minimum atomic E-state index is -0.313. The van der Waals surface area contributed by atoms with E-state index in [1.165, 1.54) is 0 Å². The van der Waals surface area contributed by atoms with E-state index in [0.29, 0.717) is 19.5 Å². The number of anilines is 2. The Bertz CT molecular complexity index is 474. The lowest BCUT2D eigenvalue weighted by atomic mass is 10.1. The molecule has 110 valence electrons. The van der Waals surface area contributed by atoms with Crippen LogP contribution in [0.3, 0.4) is 0 Å². The highest BCUT2D eigenvalue weighted by molar-refractivity contribution is 6.02. The Labute approximate surface area is 118 Å². The SMILES string of the molecule is COc1ccc2c(c1)N(CCC(OC)OC)C(=O)CN2. The van der Waals surface area contributed by atoms with Gasteiger partial charge in [-0.05, 0) is 12.1 Å². The van der Waals surface area contributed by atoms with Crippen molar-refractivity contribution in [3.63, 3.8) is 0 Å². The van der Waals surface area contributed by atoms with Crippen LogP contribution >= 0.6 is 0 Å². The lowest BCUT2D eigenvalue weighted by Crippen LogP contribution is -2.41. The lowest BCUT2D eigenvalue weighted by Gasteiger charge is -2.31. The predicted molar refractivity (Wildman–Crippen MR) is 76.3 cm³/mol. The van der Waals surface area contributed by atoms with Gasteiger partial charge in [-0.3, -0.25) is 4.79 Å². The maximum atomic E-state index is 12.1. The number of rotatable bonds is 6. The molecule has 6 nitrogen and oxygen atoms in total. The van der Waals surface area contributed by atoms with Crippen LogP contribution in [0.5, 0.6) is 5.75 Å². The number of carbonyl (C=O) groups is 1. The first-order valence-electron chi connectivity index (χ1n) is 6.47. The molecule has 1 aliphatic rings. The summed E-state index contributed by atoms with van der Waals surface area (Å²) in [4.78, 5) is 13.8. The molecule has 1 aliphatic heterocycles. The predicted octanol–water partition coefficient (Wildman–Crippen LogP) is 1.46. The fourth-order valence-electron chi connectivity index (χ4n) is 2.22. The number of nitrogens with one attached hydrogen (secondary N) is 1. The Morgan fingerprint density at radius 3 is 2.70 bits per heavy atom. The van der Waals surface area contributed by atoms with Gasteiger partial charge >= 0.3 is 0 Å². The van der Waals surface area contributed by atoms with E-state index < -0.39 is 0 Å². The summed E-state index contributed by atoms with van der Waals surface area (Å²) in [6, 6.07) is 5.64. The number of methoxy groups -OCH3 is 3. The van der Waals surface area contributed by atoms with Gasteiger partial charge in [-0.25, -0.2) is 0 Å². The maximum absolute atomic E-state index is 12.1. The van der Waals surface area contributed by atoms with Gasteiger partial charge in [0.05, 0.1) is 25.0 Å². The van der Waals surface area contributed by atoms with Gasteiger partial charge < -0.3 is 24.4 Å². The summed E-state index contributed by atoms with van der Waals surface area (Å²) in [6.07, 6.45) is 0.293. The Morgan fingerprint density at radius 1 is 1.30 bits per heavy atom. The molecule has 1 aromatic rings. The highest BCUT2D eigenvalue weighted by Gasteiger charge is 2.25. The molecule has 1 N–H and O–H groups in total. The van der Waals surface area contributed by atoms with Crippen LogP contribution in [0.1, 0.15) is 6.42 Å². The van der Waals surface area contributed by atoms with Crippen molar-refractivity contribution < 1.29 is 19.0 Å². The van der Waals surface area contributed by atoms with Crippen molar-refractivity contribution in [2.75, 3.05) is 44.6 Å². The number of nitrogens with zero attached hydrogens (tertiary/aromatic N) is 1. The standard InChI is InChI=1S/C14H20N2O4/c1-18-10-4-5-11-12(8-10)16(13(17)9-15-11)7-6-14(19-2)20-3/h4-5,8,14-15H,6-7,9H2,1-3H3. The minimum Gasteiger partial charge on any atom is -0.497 e. The second kappa shape index (κ2) is 6.58. The van der Waals surface area contributed by atoms with Crippen LogP contribution in [0.15, 0.2) is 18.2 Å². The van der Waals surface area contributed by atoms with E-state index in [1.54, 1.807) is 26.2 Å². The average molecular weight is 280 g/mol. The highest BCUT2D eigenvalue weighted by Crippen LogP contribution is 2.33. The fourth-order valence-corrected chi connectivity index (χ4v) is 2.22. The van der Waals surface area contributed by atoms with Crippen LogP contribution in [-0.2, 0) is 14.3 Å². The first kappa shape index (κ1) is 14.6. The van der Waals surface area contributed by atoms with E-state index in [2.05, 4.69) is 5.32 Å². The Morgan fingerprint density at radius 2 is 2.05 bits per heavy atom. The Balaban J connectivity index is 2.18. The molecular formula is C14H20N2O4. The number of benzene rings is 1. The van der Waals surface area contributed by atoms with Gasteiger partial charge in [0.15, 0.2) is 6.29 Å². The maximum Gasteiger partial charge on any atom is 0.246 e. The molecule has 0 aromatic heterocycles. The van der Waals surface area contributed by atoms with E-state index >= 15 is 0 Å². The third-order valence-electron chi connectivity index (χ3n) is 3.34. The highest BCUT2D eigenvalue weighted by atomic mass is 16.7. The van der Waals surface area contributed by atoms with E-state index in [1.807, 2.05) is 18.2 Å². The minimum absolute atomic E-state index is 0.0247. The molecule has 1 heterocycles. The molecule has 20 heavy (non-hydrogen) atoms. The zero-order chi connectivity index (χ0) is 14.5. The van der Waals surface area contributed by atoms with Gasteiger partial charge in [-0.1, -0.05) is 0 Å². The number of hydrogen-bond acceptors (Lipinski definition) is 5. The third kappa shape index (κ3) is 3.02. The molecule has 1 aromatic carbocycles. The third-order valence-corrected chi connectivity index (χ3v) is 3.34. The molecule has 2 rings (SSSR count). The fraction of sp³-hybridized carbons (Fsp3) is 0.500. The van der Waals surface area contributed by atoms with Gasteiger partial charge in [0, 0.05) is 33.3 Å². The molecule has 0 aliphatic carbocycles. The normalized spacial score (nSPS) is 14.2. The first-order chi connectivity index (χ1) is 9.69. The van der Waals surface area contributed by atoms with E-state index in [9.17, 15) is 4.79 Å². The summed E-state index contributed by atoms with van der Waals surface area (Å²) in [5, 5.41) is 3.10. The molecule has 1 amide bonds. The molecule has 0 bridgehead atoms. The quantitative estimate of drug-likeness (QED) is 0.799. The van der Waals surface area contributed by atoms with Crippen LogP contribution in [0.2, 0.25) is 0 Å². The molecule has 0 saturated carbocycles. The lowest BCUT2D eigenvalue weighted by molar-refractivity contribution is -0.118. The Kier molecular flexibility index (Phi) is 4.81. The first-order valence-corrected chi connectivity index (χ1v) is 6.47. The molecule has 0 radical (unpaired) electrons. The van der Waals surface area contributed by atoms with Gasteiger partial charge in [0.25, 0.3) is 0 Å². The number of amides is 1. The van der Waals surface area contributed by atoms with Crippen molar-refractivity contribution in [2.45, 2.75) is 12.7 Å². The molecule has 0 unspecified atom stereocenters. The van der Waals surface area contributed by atoms with E-state index in [4.69, 9.17) is 14.2 Å². The van der Waals surface area contributed by atoms with Crippen LogP contribution in [-0.4, -0.2) is 46.6 Å². The smallest absolute Gasteiger partial charge is 0.246 e. The van der Waals surface area contributed by atoms with Crippen LogP contribution < -0.4 is 15.0 Å². The number of fused-ring (bicyclic) bond motifs is 1. The second-order valence-corrected chi connectivity index (χ2v) is 4.47. The molecular weight excluding hydrogens is 260 g/mol. The van der Waals surface area contributed by atoms with Crippen molar-refractivity contribution in [2.24, 2.45) is 0 Å². The van der Waals surface area contributed by atoms with Crippen LogP contribution in [0, 0.1) is 0 Å². The summed E-state index contributed by atoms with van der Waals surface area (Å²) in [7, 11) is 4.78. The molecule has 0 atom stereocenters. The largest absolute Gasteiger partial charge is 0.497 e. The Hall–Kier alpha value is -1.79. The molecule has 6 heteroatoms.